The lowest BCUT2D eigenvalue weighted by Gasteiger charge is -2.09. The van der Waals surface area contributed by atoms with Crippen LogP contribution in [0, 0.1) is 0 Å². The molecule has 0 aromatic heterocycles. The van der Waals surface area contributed by atoms with Gasteiger partial charge in [0.25, 0.3) is 0 Å². The molecule has 354 valence electrons. The molecule has 3 N–H and O–H groups in total. The molecule has 0 spiro atoms. The molecule has 1 aromatic carbocycles. The van der Waals surface area contributed by atoms with E-state index in [1.165, 1.54) is 0 Å². The summed E-state index contributed by atoms with van der Waals surface area (Å²) in [7, 11) is 0. The van der Waals surface area contributed by atoms with Gasteiger partial charge in [0.05, 0.1) is 164 Å². The van der Waals surface area contributed by atoms with Crippen molar-refractivity contribution in [2.75, 3.05) is 197 Å². The van der Waals surface area contributed by atoms with Crippen LogP contribution >= 0.6 is 0 Å². The molecule has 0 aliphatic carbocycles. The molecular formula is C41H72N2O18. The zero-order valence-electron chi connectivity index (χ0n) is 36.1. The van der Waals surface area contributed by atoms with Crippen molar-refractivity contribution in [3.8, 4) is 0 Å². The zero-order chi connectivity index (χ0) is 43.9. The molecule has 0 saturated carbocycles. The number of aliphatic carboxylic acids is 1. The van der Waals surface area contributed by atoms with Gasteiger partial charge in [-0.2, -0.15) is 0 Å². The number of unbranched alkanes of at least 4 members (excludes halogenated alkanes) is 1. The molecule has 1 amide bonds. The van der Waals surface area contributed by atoms with Crippen LogP contribution in [0.5, 0.6) is 0 Å². The maximum Gasteiger partial charge on any atom is 0.338 e. The molecule has 0 radical (unpaired) electrons. The van der Waals surface area contributed by atoms with E-state index in [9.17, 15) is 14.4 Å². The third-order valence-corrected chi connectivity index (χ3v) is 7.56. The fraction of sp³-hybridized carbons (Fsp3) is 0.780. The standard InChI is InChI=1S/C41H72N2O18/c1-2-3-8-42-38-6-4-37(5-7-38)41(47)61-34-33-59-32-31-58-30-29-57-28-27-56-26-25-55-24-23-54-22-21-53-20-19-52-18-17-51-16-15-50-14-13-49-12-11-48-10-9-43-39(44)35-60-36-40(45)46/h4-7,42H,2-3,8-36H2,1H3,(H,43,44)(H,45,46). The van der Waals surface area contributed by atoms with E-state index in [4.69, 9.17) is 66.7 Å². The first-order chi connectivity index (χ1) is 30.0. The highest BCUT2D eigenvalue weighted by Gasteiger charge is 2.07. The van der Waals surface area contributed by atoms with Crippen molar-refractivity contribution in [2.24, 2.45) is 0 Å². The quantitative estimate of drug-likeness (QED) is 0.0623. The highest BCUT2D eigenvalue weighted by atomic mass is 16.6. The van der Waals surface area contributed by atoms with Crippen molar-refractivity contribution in [1.29, 1.82) is 0 Å². The lowest BCUT2D eigenvalue weighted by atomic mass is 10.2. The lowest BCUT2D eigenvalue weighted by molar-refractivity contribution is -0.143. The minimum atomic E-state index is -1.13. The summed E-state index contributed by atoms with van der Waals surface area (Å²) in [6, 6.07) is 7.27. The Labute approximate surface area is 360 Å². The van der Waals surface area contributed by atoms with Crippen molar-refractivity contribution >= 4 is 23.5 Å². The SMILES string of the molecule is CCCCNc1ccc(C(=O)OCCOCCOCCOCCOCCOCCOCCOCCOCCOCCOCCOCCOCCNC(=O)COCC(=O)O)cc1. The molecule has 0 fully saturated rings. The van der Waals surface area contributed by atoms with Crippen LogP contribution in [-0.2, 0) is 75.9 Å². The van der Waals surface area contributed by atoms with Gasteiger partial charge in [-0.15, -0.1) is 0 Å². The fourth-order valence-electron chi connectivity index (χ4n) is 4.48. The first kappa shape index (κ1) is 55.9. The Morgan fingerprint density at radius 3 is 1.13 bits per heavy atom. The van der Waals surface area contributed by atoms with Gasteiger partial charge in [0.1, 0.15) is 19.8 Å². The van der Waals surface area contributed by atoms with Crippen molar-refractivity contribution in [3.05, 3.63) is 29.8 Å². The molecule has 0 heterocycles. The number of carboxylic acids is 1. The Hall–Kier alpha value is -3.09. The van der Waals surface area contributed by atoms with E-state index in [0.29, 0.717) is 171 Å². The second-order valence-corrected chi connectivity index (χ2v) is 12.6. The number of nitrogens with one attached hydrogen (secondary N) is 2. The second kappa shape index (κ2) is 44.9. The molecule has 0 aliphatic heterocycles. The molecule has 0 aliphatic rings. The van der Waals surface area contributed by atoms with Gasteiger partial charge in [-0.25, -0.2) is 9.59 Å². The van der Waals surface area contributed by atoms with Gasteiger partial charge in [0.2, 0.25) is 5.91 Å². The zero-order valence-corrected chi connectivity index (χ0v) is 36.1. The largest absolute Gasteiger partial charge is 0.480 e. The molecule has 0 atom stereocenters. The van der Waals surface area contributed by atoms with Gasteiger partial charge in [-0.1, -0.05) is 13.3 Å². The summed E-state index contributed by atoms with van der Waals surface area (Å²) in [5.74, 6) is -1.90. The van der Waals surface area contributed by atoms with Gasteiger partial charge in [-0.05, 0) is 30.7 Å². The summed E-state index contributed by atoms with van der Waals surface area (Å²) in [4.78, 5) is 33.8. The number of ether oxygens (including phenoxy) is 14. The number of esters is 1. The highest BCUT2D eigenvalue weighted by Crippen LogP contribution is 2.11. The maximum absolute atomic E-state index is 12.1. The van der Waals surface area contributed by atoms with Crippen molar-refractivity contribution in [2.45, 2.75) is 19.8 Å². The van der Waals surface area contributed by atoms with Gasteiger partial charge in [0.15, 0.2) is 0 Å². The summed E-state index contributed by atoms with van der Waals surface area (Å²) < 4.78 is 75.4. The average molecular weight is 881 g/mol. The first-order valence-electron chi connectivity index (χ1n) is 21.0. The van der Waals surface area contributed by atoms with E-state index in [1.807, 2.05) is 12.1 Å². The molecule has 0 saturated heterocycles. The van der Waals surface area contributed by atoms with Crippen LogP contribution in [0.15, 0.2) is 24.3 Å². The van der Waals surface area contributed by atoms with E-state index in [-0.39, 0.29) is 19.2 Å². The number of hydrogen-bond acceptors (Lipinski definition) is 18. The summed E-state index contributed by atoms with van der Waals surface area (Å²) in [6.45, 7) is 13.2. The van der Waals surface area contributed by atoms with Crippen molar-refractivity contribution in [3.63, 3.8) is 0 Å². The molecule has 0 unspecified atom stereocenters. The third kappa shape index (κ3) is 40.7. The topological polar surface area (TPSA) is 225 Å². The Balaban J connectivity index is 1.66. The molecule has 61 heavy (non-hydrogen) atoms. The number of carboxylic acid groups (broad SMARTS) is 1. The van der Waals surface area contributed by atoms with Crippen LogP contribution in [0.4, 0.5) is 5.69 Å². The lowest BCUT2D eigenvalue weighted by Crippen LogP contribution is -2.31. The number of carbonyl (C=O) groups excluding carboxylic acids is 2. The maximum atomic E-state index is 12.1. The Morgan fingerprint density at radius 2 is 0.787 bits per heavy atom. The monoisotopic (exact) mass is 880 g/mol. The Kier molecular flexibility index (Phi) is 41.2. The fourth-order valence-corrected chi connectivity index (χ4v) is 4.48. The summed E-state index contributed by atoms with van der Waals surface area (Å²) in [6.07, 6.45) is 2.23. The van der Waals surface area contributed by atoms with E-state index in [0.717, 1.165) is 25.1 Å². The van der Waals surface area contributed by atoms with E-state index >= 15 is 0 Å². The first-order valence-corrected chi connectivity index (χ1v) is 21.0. The molecule has 0 bridgehead atoms. The predicted octanol–water partition coefficient (Wildman–Crippen LogP) is 1.47. The van der Waals surface area contributed by atoms with E-state index < -0.39 is 18.5 Å². The summed E-state index contributed by atoms with van der Waals surface area (Å²) in [5.41, 5.74) is 1.50. The Bertz CT molecular complexity index is 1140. The third-order valence-electron chi connectivity index (χ3n) is 7.56. The molecule has 20 nitrogen and oxygen atoms in total. The average Bonchev–Trinajstić information content (AvgIpc) is 3.25. The van der Waals surface area contributed by atoms with Crippen LogP contribution in [0.1, 0.15) is 30.1 Å². The van der Waals surface area contributed by atoms with E-state index in [1.54, 1.807) is 12.1 Å². The minimum Gasteiger partial charge on any atom is -0.480 e. The Morgan fingerprint density at radius 1 is 0.443 bits per heavy atom. The van der Waals surface area contributed by atoms with Crippen molar-refractivity contribution < 1.29 is 85.8 Å². The molecule has 20 heteroatoms. The van der Waals surface area contributed by atoms with Crippen LogP contribution in [0.25, 0.3) is 0 Å². The number of rotatable bonds is 48. The molecular weight excluding hydrogens is 808 g/mol. The number of benzene rings is 1. The number of amides is 1. The normalized spacial score (nSPS) is 11.2. The number of anilines is 1. The van der Waals surface area contributed by atoms with Crippen molar-refractivity contribution in [1.82, 2.24) is 5.32 Å². The number of hydrogen-bond donors (Lipinski definition) is 3. The number of carbonyl (C=O) groups is 3. The van der Waals surface area contributed by atoms with Gasteiger partial charge >= 0.3 is 11.9 Å². The molecule has 1 aromatic rings. The minimum absolute atomic E-state index is 0.179. The summed E-state index contributed by atoms with van der Waals surface area (Å²) >= 11 is 0. The summed E-state index contributed by atoms with van der Waals surface area (Å²) in [5, 5.41) is 14.3. The van der Waals surface area contributed by atoms with Crippen LogP contribution < -0.4 is 10.6 Å². The smallest absolute Gasteiger partial charge is 0.338 e. The van der Waals surface area contributed by atoms with Gasteiger partial charge in [-0.3, -0.25) is 4.79 Å². The van der Waals surface area contributed by atoms with E-state index in [2.05, 4.69) is 22.3 Å². The van der Waals surface area contributed by atoms with Gasteiger partial charge < -0.3 is 82.1 Å². The van der Waals surface area contributed by atoms with Crippen LogP contribution in [0.2, 0.25) is 0 Å². The highest BCUT2D eigenvalue weighted by molar-refractivity contribution is 5.89. The van der Waals surface area contributed by atoms with Crippen LogP contribution in [0.3, 0.4) is 0 Å². The second-order valence-electron chi connectivity index (χ2n) is 12.6. The van der Waals surface area contributed by atoms with Crippen LogP contribution in [-0.4, -0.2) is 214 Å². The molecule has 1 rings (SSSR count). The predicted molar refractivity (Wildman–Crippen MR) is 221 cm³/mol. The van der Waals surface area contributed by atoms with Gasteiger partial charge in [0, 0.05) is 18.8 Å².